The van der Waals surface area contributed by atoms with Crippen LogP contribution in [0, 0.1) is 0 Å². The topological polar surface area (TPSA) is 102 Å². The van der Waals surface area contributed by atoms with Gasteiger partial charge in [0.05, 0.1) is 5.69 Å². The zero-order chi connectivity index (χ0) is 23.5. The van der Waals surface area contributed by atoms with Gasteiger partial charge in [0, 0.05) is 37.1 Å². The summed E-state index contributed by atoms with van der Waals surface area (Å²) in [6.07, 6.45) is 2.42. The number of carbonyl (C=O) groups is 1. The highest BCUT2D eigenvalue weighted by molar-refractivity contribution is 8.01. The number of aryl methyl sites for hydroxylation is 3. The molecule has 0 saturated carbocycles. The molecule has 3 rings (SSSR count). The van der Waals surface area contributed by atoms with Crippen molar-refractivity contribution in [2.24, 2.45) is 7.05 Å². The van der Waals surface area contributed by atoms with E-state index in [0.717, 1.165) is 40.5 Å². The summed E-state index contributed by atoms with van der Waals surface area (Å²) in [6, 6.07) is 7.65. The van der Waals surface area contributed by atoms with E-state index in [-0.39, 0.29) is 5.56 Å². The summed E-state index contributed by atoms with van der Waals surface area (Å²) in [5.41, 5.74) is 3.00. The standard InChI is InChI=1S/C23H31N5O3S/c1-6-8-17-19-20(27(5)26-17)21(29)28(18(7-2)25-19)14-13-24-15-9-11-16(12-10-15)32-23(3,4)22(30)31/h9-12,24H,6-8,13-14H2,1-5H3,(H,30,31). The number of carboxylic acids is 1. The fraction of sp³-hybridized carbons (Fsp3) is 0.478. The number of nitrogens with one attached hydrogen (secondary N) is 1. The predicted molar refractivity (Wildman–Crippen MR) is 129 cm³/mol. The number of hydrogen-bond donors (Lipinski definition) is 2. The van der Waals surface area contributed by atoms with Crippen molar-refractivity contribution in [3.8, 4) is 0 Å². The number of anilines is 1. The molecule has 0 amide bonds. The molecular formula is C23H31N5O3S. The molecule has 0 bridgehead atoms. The maximum absolute atomic E-state index is 13.2. The molecule has 32 heavy (non-hydrogen) atoms. The Kier molecular flexibility index (Phi) is 7.28. The second-order valence-corrected chi connectivity index (χ2v) is 9.92. The number of aliphatic carboxylic acids is 1. The van der Waals surface area contributed by atoms with Crippen molar-refractivity contribution < 1.29 is 9.90 Å². The van der Waals surface area contributed by atoms with E-state index in [4.69, 9.17) is 4.98 Å². The van der Waals surface area contributed by atoms with Gasteiger partial charge >= 0.3 is 5.97 Å². The summed E-state index contributed by atoms with van der Waals surface area (Å²) >= 11 is 1.31. The summed E-state index contributed by atoms with van der Waals surface area (Å²) in [5.74, 6) is -0.0833. The first-order valence-electron chi connectivity index (χ1n) is 10.9. The minimum atomic E-state index is -0.888. The van der Waals surface area contributed by atoms with E-state index in [2.05, 4.69) is 17.3 Å². The highest BCUT2D eigenvalue weighted by Gasteiger charge is 2.28. The maximum atomic E-state index is 13.2. The second-order valence-electron chi connectivity index (χ2n) is 8.22. The molecule has 0 aliphatic rings. The molecule has 0 spiro atoms. The van der Waals surface area contributed by atoms with Crippen LogP contribution in [0.2, 0.25) is 0 Å². The maximum Gasteiger partial charge on any atom is 0.319 e. The summed E-state index contributed by atoms with van der Waals surface area (Å²) in [6.45, 7) is 8.52. The molecule has 1 aromatic carbocycles. The predicted octanol–water partition coefficient (Wildman–Crippen LogP) is 3.71. The Morgan fingerprint density at radius 1 is 1.22 bits per heavy atom. The largest absolute Gasteiger partial charge is 0.480 e. The number of benzene rings is 1. The fourth-order valence-electron chi connectivity index (χ4n) is 3.56. The average Bonchev–Trinajstić information content (AvgIpc) is 3.06. The van der Waals surface area contributed by atoms with Crippen LogP contribution in [-0.4, -0.2) is 41.7 Å². The summed E-state index contributed by atoms with van der Waals surface area (Å²) in [4.78, 5) is 30.2. The highest BCUT2D eigenvalue weighted by atomic mass is 32.2. The third-order valence-electron chi connectivity index (χ3n) is 5.30. The van der Waals surface area contributed by atoms with Crippen LogP contribution in [-0.2, 0) is 31.2 Å². The molecule has 2 aromatic heterocycles. The van der Waals surface area contributed by atoms with Gasteiger partial charge < -0.3 is 10.4 Å². The van der Waals surface area contributed by atoms with Gasteiger partial charge in [0.1, 0.15) is 16.1 Å². The minimum absolute atomic E-state index is 0.0614. The van der Waals surface area contributed by atoms with Gasteiger partial charge in [0.25, 0.3) is 5.56 Å². The van der Waals surface area contributed by atoms with E-state index in [1.54, 1.807) is 30.1 Å². The van der Waals surface area contributed by atoms with Gasteiger partial charge in [-0.3, -0.25) is 18.8 Å². The van der Waals surface area contributed by atoms with Crippen LogP contribution < -0.4 is 10.9 Å². The van der Waals surface area contributed by atoms with Crippen LogP contribution >= 0.6 is 11.8 Å². The lowest BCUT2D eigenvalue weighted by Crippen LogP contribution is -2.29. The Morgan fingerprint density at radius 3 is 2.50 bits per heavy atom. The van der Waals surface area contributed by atoms with Crippen molar-refractivity contribution in [1.29, 1.82) is 0 Å². The van der Waals surface area contributed by atoms with Crippen molar-refractivity contribution in [2.75, 3.05) is 11.9 Å². The first kappa shape index (κ1) is 23.8. The molecule has 172 valence electrons. The van der Waals surface area contributed by atoms with Crippen molar-refractivity contribution in [3.05, 3.63) is 46.1 Å². The van der Waals surface area contributed by atoms with E-state index in [9.17, 15) is 14.7 Å². The number of aromatic nitrogens is 4. The van der Waals surface area contributed by atoms with Gasteiger partial charge in [-0.2, -0.15) is 5.10 Å². The number of nitrogens with zero attached hydrogens (tertiary/aromatic N) is 4. The first-order chi connectivity index (χ1) is 15.2. The zero-order valence-electron chi connectivity index (χ0n) is 19.3. The van der Waals surface area contributed by atoms with E-state index in [0.29, 0.717) is 25.0 Å². The Labute approximate surface area is 192 Å². The van der Waals surface area contributed by atoms with Crippen molar-refractivity contribution in [2.45, 2.75) is 63.1 Å². The smallest absolute Gasteiger partial charge is 0.319 e. The molecule has 0 radical (unpaired) electrons. The lowest BCUT2D eigenvalue weighted by atomic mass is 10.2. The average molecular weight is 458 g/mol. The Hall–Kier alpha value is -2.81. The number of fused-ring (bicyclic) bond motifs is 1. The number of thioether (sulfide) groups is 1. The molecular weight excluding hydrogens is 426 g/mol. The van der Waals surface area contributed by atoms with Crippen LogP contribution in [0.5, 0.6) is 0 Å². The van der Waals surface area contributed by atoms with Crippen LogP contribution in [0.3, 0.4) is 0 Å². The van der Waals surface area contributed by atoms with Gasteiger partial charge in [0.2, 0.25) is 0 Å². The van der Waals surface area contributed by atoms with Gasteiger partial charge in [-0.05, 0) is 44.5 Å². The first-order valence-corrected chi connectivity index (χ1v) is 11.7. The molecule has 0 saturated heterocycles. The van der Waals surface area contributed by atoms with Crippen molar-refractivity contribution in [3.63, 3.8) is 0 Å². The molecule has 0 aliphatic carbocycles. The molecule has 0 unspecified atom stereocenters. The fourth-order valence-corrected chi connectivity index (χ4v) is 4.51. The molecule has 2 heterocycles. The molecule has 0 fully saturated rings. The Bertz CT molecular complexity index is 1170. The van der Waals surface area contributed by atoms with Gasteiger partial charge in [-0.15, -0.1) is 11.8 Å². The summed E-state index contributed by atoms with van der Waals surface area (Å²) < 4.78 is 2.49. The van der Waals surface area contributed by atoms with Crippen LogP contribution in [0.1, 0.15) is 45.6 Å². The SMILES string of the molecule is CCCc1nn(C)c2c(=O)n(CCNc3ccc(SC(C)(C)C(=O)O)cc3)c(CC)nc12. The van der Waals surface area contributed by atoms with Crippen LogP contribution in [0.4, 0.5) is 5.69 Å². The summed E-state index contributed by atoms with van der Waals surface area (Å²) in [7, 11) is 1.80. The van der Waals surface area contributed by atoms with E-state index in [1.807, 2.05) is 31.2 Å². The van der Waals surface area contributed by atoms with E-state index < -0.39 is 10.7 Å². The van der Waals surface area contributed by atoms with Gasteiger partial charge in [-0.25, -0.2) is 4.98 Å². The van der Waals surface area contributed by atoms with Gasteiger partial charge in [0.15, 0.2) is 5.52 Å². The molecule has 2 N–H and O–H groups in total. The quantitative estimate of drug-likeness (QED) is 0.447. The van der Waals surface area contributed by atoms with E-state index in [1.165, 1.54) is 11.8 Å². The number of rotatable bonds is 10. The summed E-state index contributed by atoms with van der Waals surface area (Å²) in [5, 5.41) is 17.1. The van der Waals surface area contributed by atoms with Crippen LogP contribution in [0.25, 0.3) is 11.0 Å². The second kappa shape index (κ2) is 9.77. The van der Waals surface area contributed by atoms with Gasteiger partial charge in [-0.1, -0.05) is 20.3 Å². The third kappa shape index (κ3) is 4.98. The molecule has 8 nitrogen and oxygen atoms in total. The number of hydrogen-bond acceptors (Lipinski definition) is 6. The minimum Gasteiger partial charge on any atom is -0.480 e. The number of carboxylic acid groups (broad SMARTS) is 1. The molecule has 0 atom stereocenters. The monoisotopic (exact) mass is 457 g/mol. The third-order valence-corrected chi connectivity index (χ3v) is 6.49. The lowest BCUT2D eigenvalue weighted by molar-refractivity contribution is -0.138. The normalized spacial score (nSPS) is 11.8. The van der Waals surface area contributed by atoms with Crippen molar-refractivity contribution in [1.82, 2.24) is 19.3 Å². The highest BCUT2D eigenvalue weighted by Crippen LogP contribution is 2.33. The molecule has 9 heteroatoms. The molecule has 0 aliphatic heterocycles. The van der Waals surface area contributed by atoms with Crippen molar-refractivity contribution >= 4 is 34.5 Å². The Morgan fingerprint density at radius 2 is 1.91 bits per heavy atom. The van der Waals surface area contributed by atoms with Crippen LogP contribution in [0.15, 0.2) is 34.0 Å². The Balaban J connectivity index is 1.74. The van der Waals surface area contributed by atoms with E-state index >= 15 is 0 Å². The molecule has 3 aromatic rings. The lowest BCUT2D eigenvalue weighted by Gasteiger charge is -2.18. The zero-order valence-corrected chi connectivity index (χ0v) is 20.1.